The predicted molar refractivity (Wildman–Crippen MR) is 146 cm³/mol. The zero-order chi connectivity index (χ0) is 27.1. The predicted octanol–water partition coefficient (Wildman–Crippen LogP) is 3.10. The van der Waals surface area contributed by atoms with Crippen molar-refractivity contribution in [2.75, 3.05) is 31.5 Å². The summed E-state index contributed by atoms with van der Waals surface area (Å²) in [6.45, 7) is 1.39. The Labute approximate surface area is 231 Å². The van der Waals surface area contributed by atoms with Crippen LogP contribution in [0.4, 0.5) is 5.69 Å². The maximum Gasteiger partial charge on any atom is 0.256 e. The number of hydrogen-bond donors (Lipinski definition) is 2. The minimum Gasteiger partial charge on any atom is -0.376 e. The first-order valence-electron chi connectivity index (χ1n) is 13.1. The average molecular weight is 546 g/mol. The topological polar surface area (TPSA) is 106 Å². The zero-order valence-corrected chi connectivity index (χ0v) is 21.9. The molecule has 2 fully saturated rings. The van der Waals surface area contributed by atoms with Crippen molar-refractivity contribution in [1.29, 1.82) is 0 Å². The number of carbonyl (C=O) groups excluding carboxylic acids is 3. The fourth-order valence-corrected chi connectivity index (χ4v) is 5.92. The molecule has 6 rings (SSSR count). The van der Waals surface area contributed by atoms with Crippen molar-refractivity contribution in [3.05, 3.63) is 83.1 Å². The Balaban J connectivity index is 1.20. The van der Waals surface area contributed by atoms with E-state index in [1.807, 2.05) is 23.1 Å². The Bertz CT molecular complexity index is 1420. The summed E-state index contributed by atoms with van der Waals surface area (Å²) in [5.41, 5.74) is 3.18. The number of benzene rings is 2. The van der Waals surface area contributed by atoms with Gasteiger partial charge in [0.15, 0.2) is 0 Å². The van der Waals surface area contributed by atoms with Gasteiger partial charge in [-0.25, -0.2) is 0 Å². The van der Waals surface area contributed by atoms with Crippen LogP contribution in [-0.4, -0.2) is 87.0 Å². The molecule has 200 valence electrons. The van der Waals surface area contributed by atoms with Crippen molar-refractivity contribution < 1.29 is 19.5 Å². The largest absolute Gasteiger partial charge is 0.376 e. The quantitative estimate of drug-likeness (QED) is 0.522. The molecule has 3 aliphatic rings. The molecule has 0 saturated carbocycles. The van der Waals surface area contributed by atoms with Crippen LogP contribution in [-0.2, 0) is 4.79 Å². The van der Waals surface area contributed by atoms with Crippen molar-refractivity contribution in [3.8, 4) is 11.1 Å². The highest BCUT2D eigenvalue weighted by atomic mass is 35.5. The van der Waals surface area contributed by atoms with Crippen LogP contribution in [0.1, 0.15) is 33.6 Å². The number of rotatable bonds is 4. The van der Waals surface area contributed by atoms with Crippen LogP contribution in [0.3, 0.4) is 0 Å². The lowest BCUT2D eigenvalue weighted by Gasteiger charge is -2.43. The molecule has 3 aromatic rings. The molecule has 0 bridgehead atoms. The highest BCUT2D eigenvalue weighted by molar-refractivity contribution is 6.30. The van der Waals surface area contributed by atoms with Gasteiger partial charge in [-0.2, -0.15) is 0 Å². The number of hydrogen-bond acceptors (Lipinski definition) is 6. The monoisotopic (exact) mass is 545 g/mol. The Morgan fingerprint density at radius 1 is 1.00 bits per heavy atom. The fraction of sp³-hybridized carbons (Fsp3) is 0.310. The van der Waals surface area contributed by atoms with E-state index < -0.39 is 18.3 Å². The van der Waals surface area contributed by atoms with Crippen molar-refractivity contribution >= 4 is 35.0 Å². The van der Waals surface area contributed by atoms with Gasteiger partial charge in [0.05, 0.1) is 17.3 Å². The number of amides is 3. The van der Waals surface area contributed by atoms with E-state index in [0.29, 0.717) is 41.3 Å². The van der Waals surface area contributed by atoms with Crippen LogP contribution in [0, 0.1) is 0 Å². The van der Waals surface area contributed by atoms with Crippen LogP contribution >= 0.6 is 11.6 Å². The van der Waals surface area contributed by atoms with Gasteiger partial charge in [0.25, 0.3) is 11.8 Å². The maximum atomic E-state index is 13.7. The first-order valence-corrected chi connectivity index (χ1v) is 13.4. The van der Waals surface area contributed by atoms with E-state index in [4.69, 9.17) is 11.6 Å². The number of aliphatic hydroxyl groups excluding tert-OH is 1. The molecule has 2 saturated heterocycles. The van der Waals surface area contributed by atoms with Crippen molar-refractivity contribution in [1.82, 2.24) is 19.7 Å². The van der Waals surface area contributed by atoms with Gasteiger partial charge in [-0.1, -0.05) is 29.8 Å². The minimum absolute atomic E-state index is 0.146. The number of aromatic nitrogens is 1. The minimum atomic E-state index is -0.953. The summed E-state index contributed by atoms with van der Waals surface area (Å²) in [4.78, 5) is 49.2. The summed E-state index contributed by atoms with van der Waals surface area (Å²) in [6.07, 6.45) is 3.64. The molecule has 3 aliphatic heterocycles. The summed E-state index contributed by atoms with van der Waals surface area (Å²) in [7, 11) is 0. The second-order valence-electron chi connectivity index (χ2n) is 10.1. The molecule has 3 unspecified atom stereocenters. The zero-order valence-electron chi connectivity index (χ0n) is 21.2. The molecule has 3 amide bonds. The summed E-state index contributed by atoms with van der Waals surface area (Å²) in [6, 6.07) is 14.9. The van der Waals surface area contributed by atoms with Crippen LogP contribution in [0.15, 0.2) is 67.0 Å². The van der Waals surface area contributed by atoms with E-state index in [9.17, 15) is 19.5 Å². The van der Waals surface area contributed by atoms with E-state index in [0.717, 1.165) is 17.5 Å². The molecule has 1 aromatic heterocycles. The van der Waals surface area contributed by atoms with E-state index in [-0.39, 0.29) is 30.8 Å². The van der Waals surface area contributed by atoms with Crippen LogP contribution in [0.25, 0.3) is 11.1 Å². The molecule has 2 N–H and O–H groups in total. The number of pyridine rings is 1. The van der Waals surface area contributed by atoms with Crippen molar-refractivity contribution in [3.63, 3.8) is 0 Å². The Kier molecular flexibility index (Phi) is 6.80. The molecule has 0 radical (unpaired) electrons. The number of halogens is 1. The Morgan fingerprint density at radius 3 is 2.51 bits per heavy atom. The molecule has 39 heavy (non-hydrogen) atoms. The summed E-state index contributed by atoms with van der Waals surface area (Å²) in [5.74, 6) is -0.671. The second kappa shape index (κ2) is 10.4. The lowest BCUT2D eigenvalue weighted by atomic mass is 10.0. The number of carbonyl (C=O) groups is 3. The molecule has 0 aliphatic carbocycles. The van der Waals surface area contributed by atoms with Crippen LogP contribution in [0.5, 0.6) is 0 Å². The SMILES string of the molecule is O=C1Nc2ccc(-c3ccc(Cl)cc3)cc2C(=O)N2CCN(C(O)C3CCCN3C(=O)c3ccncc3)CC12. The van der Waals surface area contributed by atoms with Gasteiger partial charge in [-0.05, 0) is 60.4 Å². The molecule has 4 heterocycles. The van der Waals surface area contributed by atoms with E-state index in [1.165, 1.54) is 0 Å². The summed E-state index contributed by atoms with van der Waals surface area (Å²) < 4.78 is 0. The van der Waals surface area contributed by atoms with E-state index in [1.54, 1.807) is 58.6 Å². The lowest BCUT2D eigenvalue weighted by Crippen LogP contribution is -2.63. The van der Waals surface area contributed by atoms with Gasteiger partial charge >= 0.3 is 0 Å². The van der Waals surface area contributed by atoms with Gasteiger partial charge in [0.2, 0.25) is 5.91 Å². The van der Waals surface area contributed by atoms with Gasteiger partial charge in [0.1, 0.15) is 12.3 Å². The molecule has 0 spiro atoms. The number of fused-ring (bicyclic) bond motifs is 2. The molecule has 3 atom stereocenters. The molecular formula is C29H28ClN5O4. The van der Waals surface area contributed by atoms with Gasteiger partial charge in [-0.3, -0.25) is 24.3 Å². The fourth-order valence-electron chi connectivity index (χ4n) is 5.79. The molecule has 10 heteroatoms. The number of nitrogens with zero attached hydrogens (tertiary/aromatic N) is 4. The summed E-state index contributed by atoms with van der Waals surface area (Å²) in [5, 5.41) is 14.9. The third kappa shape index (κ3) is 4.78. The van der Waals surface area contributed by atoms with Crippen LogP contribution in [0.2, 0.25) is 5.02 Å². The number of anilines is 1. The third-order valence-corrected chi connectivity index (χ3v) is 8.12. The normalized spacial score (nSPS) is 22.1. The van der Waals surface area contributed by atoms with Crippen molar-refractivity contribution in [2.45, 2.75) is 31.2 Å². The number of likely N-dealkylation sites (tertiary alicyclic amines) is 1. The average Bonchev–Trinajstić information content (AvgIpc) is 3.43. The Morgan fingerprint density at radius 2 is 1.74 bits per heavy atom. The van der Waals surface area contributed by atoms with Gasteiger partial charge in [-0.15, -0.1) is 0 Å². The number of piperazine rings is 1. The number of aliphatic hydroxyl groups is 1. The van der Waals surface area contributed by atoms with E-state index >= 15 is 0 Å². The summed E-state index contributed by atoms with van der Waals surface area (Å²) >= 11 is 6.03. The van der Waals surface area contributed by atoms with E-state index in [2.05, 4.69) is 10.3 Å². The first-order chi connectivity index (χ1) is 18.9. The van der Waals surface area contributed by atoms with Gasteiger partial charge < -0.3 is 20.2 Å². The number of nitrogens with one attached hydrogen (secondary N) is 1. The smallest absolute Gasteiger partial charge is 0.256 e. The second-order valence-corrected chi connectivity index (χ2v) is 10.6. The van der Waals surface area contributed by atoms with Crippen LogP contribution < -0.4 is 5.32 Å². The Hall–Kier alpha value is -3.79. The van der Waals surface area contributed by atoms with Gasteiger partial charge in [0, 0.05) is 49.2 Å². The first kappa shape index (κ1) is 25.5. The lowest BCUT2D eigenvalue weighted by molar-refractivity contribution is -0.126. The van der Waals surface area contributed by atoms with Crippen molar-refractivity contribution in [2.24, 2.45) is 0 Å². The highest BCUT2D eigenvalue weighted by Gasteiger charge is 2.44. The highest BCUT2D eigenvalue weighted by Crippen LogP contribution is 2.32. The molecule has 2 aromatic carbocycles. The molecule has 9 nitrogen and oxygen atoms in total. The maximum absolute atomic E-state index is 13.7. The molecular weight excluding hydrogens is 518 g/mol. The standard InChI is InChI=1S/C29H28ClN5O4/c30-21-6-3-18(4-7-21)20-5-8-23-22(16-20)28(38)35-15-14-33(17-25(35)26(36)32-23)29(39)24-2-1-13-34(24)27(37)19-9-11-31-12-10-19/h3-12,16,24-25,29,39H,1-2,13-15,17H2,(H,32,36). The third-order valence-electron chi connectivity index (χ3n) is 7.87.